The molecule has 1 amide bonds. The van der Waals surface area contributed by atoms with Crippen molar-refractivity contribution in [2.45, 2.75) is 26.2 Å². The van der Waals surface area contributed by atoms with Crippen LogP contribution in [0.5, 0.6) is 6.01 Å². The minimum Gasteiger partial charge on any atom is -0.463 e. The first kappa shape index (κ1) is 14.3. The molecule has 8 heteroatoms. The Bertz CT molecular complexity index is 481. The molecule has 8 nitrogen and oxygen atoms in total. The maximum atomic E-state index is 11.3. The highest BCUT2D eigenvalue weighted by molar-refractivity contribution is 5.77. The Kier molecular flexibility index (Phi) is 4.54. The lowest BCUT2D eigenvalue weighted by atomic mass is 9.98. The van der Waals surface area contributed by atoms with Gasteiger partial charge in [0.1, 0.15) is 0 Å². The Morgan fingerprint density at radius 1 is 1.45 bits per heavy atom. The average Bonchev–Trinajstić information content (AvgIpc) is 2.44. The first-order valence-corrected chi connectivity index (χ1v) is 6.78. The molecule has 1 unspecified atom stereocenters. The molecule has 110 valence electrons. The van der Waals surface area contributed by atoms with Crippen LogP contribution in [0.15, 0.2) is 0 Å². The average molecular weight is 280 g/mol. The van der Waals surface area contributed by atoms with E-state index in [-0.39, 0.29) is 23.8 Å². The van der Waals surface area contributed by atoms with Gasteiger partial charge in [-0.25, -0.2) is 0 Å². The van der Waals surface area contributed by atoms with Gasteiger partial charge in [-0.15, -0.1) is 0 Å². The van der Waals surface area contributed by atoms with E-state index >= 15 is 0 Å². The summed E-state index contributed by atoms with van der Waals surface area (Å²) in [5.41, 5.74) is 11.0. The van der Waals surface area contributed by atoms with Crippen molar-refractivity contribution in [2.24, 2.45) is 11.7 Å². The summed E-state index contributed by atoms with van der Waals surface area (Å²) < 4.78 is 5.38. The molecule has 20 heavy (non-hydrogen) atoms. The summed E-state index contributed by atoms with van der Waals surface area (Å²) in [6, 6.07) is 0.218. The molecule has 1 aromatic heterocycles. The minimum atomic E-state index is -0.292. The van der Waals surface area contributed by atoms with Gasteiger partial charge < -0.3 is 21.1 Å². The van der Waals surface area contributed by atoms with Gasteiger partial charge in [-0.2, -0.15) is 15.0 Å². The van der Waals surface area contributed by atoms with Crippen molar-refractivity contribution in [1.29, 1.82) is 0 Å². The van der Waals surface area contributed by atoms with E-state index in [1.807, 2.05) is 11.8 Å². The zero-order chi connectivity index (χ0) is 14.5. The number of primary amides is 1. The fourth-order valence-corrected chi connectivity index (χ4v) is 2.15. The summed E-state index contributed by atoms with van der Waals surface area (Å²) in [5.74, 6) is 0.0813. The molecule has 1 aliphatic heterocycles. The second kappa shape index (κ2) is 6.36. The largest absolute Gasteiger partial charge is 0.463 e. The molecule has 1 atom stereocenters. The van der Waals surface area contributed by atoms with Crippen molar-refractivity contribution in [2.75, 3.05) is 30.3 Å². The van der Waals surface area contributed by atoms with E-state index in [0.717, 1.165) is 25.8 Å². The molecule has 2 heterocycles. The Morgan fingerprint density at radius 3 is 2.95 bits per heavy atom. The maximum absolute atomic E-state index is 11.3. The van der Waals surface area contributed by atoms with E-state index in [1.165, 1.54) is 0 Å². The molecule has 0 spiro atoms. The van der Waals surface area contributed by atoms with Crippen LogP contribution in [0.4, 0.5) is 11.9 Å². The number of hydrogen-bond donors (Lipinski definition) is 2. The second-order valence-corrected chi connectivity index (χ2v) is 4.81. The number of amides is 1. The van der Waals surface area contributed by atoms with Crippen LogP contribution in [0.1, 0.15) is 26.2 Å². The number of hydrogen-bond acceptors (Lipinski definition) is 7. The molecule has 1 aromatic rings. The van der Waals surface area contributed by atoms with E-state index in [1.54, 1.807) is 0 Å². The highest BCUT2D eigenvalue weighted by Gasteiger charge is 2.26. The Labute approximate surface area is 117 Å². The summed E-state index contributed by atoms with van der Waals surface area (Å²) in [5, 5.41) is 0. The molecule has 2 rings (SSSR count). The Balaban J connectivity index is 2.14. The molecular weight excluding hydrogens is 260 g/mol. The third kappa shape index (κ3) is 3.46. The summed E-state index contributed by atoms with van der Waals surface area (Å²) in [6.07, 6.45) is 2.52. The smallest absolute Gasteiger partial charge is 0.323 e. The van der Waals surface area contributed by atoms with Gasteiger partial charge in [0, 0.05) is 13.1 Å². The van der Waals surface area contributed by atoms with Crippen LogP contribution < -0.4 is 21.1 Å². The molecule has 1 aliphatic rings. The number of ether oxygens (including phenoxy) is 1. The van der Waals surface area contributed by atoms with Gasteiger partial charge in [0.05, 0.1) is 12.5 Å². The predicted molar refractivity (Wildman–Crippen MR) is 74.2 cm³/mol. The number of carbonyl (C=O) groups excluding carboxylic acids is 1. The normalized spacial score (nSPS) is 18.9. The van der Waals surface area contributed by atoms with Crippen LogP contribution >= 0.6 is 0 Å². The predicted octanol–water partition coefficient (Wildman–Crippen LogP) is -0.0557. The fourth-order valence-electron chi connectivity index (χ4n) is 2.15. The number of carbonyl (C=O) groups is 1. The number of nitrogen functional groups attached to an aromatic ring is 1. The van der Waals surface area contributed by atoms with Crippen LogP contribution in [0.2, 0.25) is 0 Å². The molecule has 1 fully saturated rings. The SMILES string of the molecule is CCCOc1nc(N)nc(N2CCCC(C(N)=O)C2)n1. The number of piperidine rings is 1. The third-order valence-electron chi connectivity index (χ3n) is 3.16. The number of aromatic nitrogens is 3. The van der Waals surface area contributed by atoms with Gasteiger partial charge in [-0.3, -0.25) is 4.79 Å². The van der Waals surface area contributed by atoms with Crippen LogP contribution in [0.3, 0.4) is 0 Å². The van der Waals surface area contributed by atoms with Gasteiger partial charge in [-0.1, -0.05) is 6.92 Å². The number of nitrogens with zero attached hydrogens (tertiary/aromatic N) is 4. The maximum Gasteiger partial charge on any atom is 0.323 e. The highest BCUT2D eigenvalue weighted by atomic mass is 16.5. The minimum absolute atomic E-state index is 0.113. The van der Waals surface area contributed by atoms with Crippen molar-refractivity contribution >= 4 is 17.8 Å². The molecule has 1 saturated heterocycles. The first-order valence-electron chi connectivity index (χ1n) is 6.78. The fraction of sp³-hybridized carbons (Fsp3) is 0.667. The zero-order valence-electron chi connectivity index (χ0n) is 11.6. The van der Waals surface area contributed by atoms with Crippen LogP contribution in [-0.4, -0.2) is 40.6 Å². The zero-order valence-corrected chi connectivity index (χ0v) is 11.6. The van der Waals surface area contributed by atoms with Crippen molar-refractivity contribution < 1.29 is 9.53 Å². The van der Waals surface area contributed by atoms with Crippen molar-refractivity contribution in [1.82, 2.24) is 15.0 Å². The molecule has 4 N–H and O–H groups in total. The highest BCUT2D eigenvalue weighted by Crippen LogP contribution is 2.21. The summed E-state index contributed by atoms with van der Waals surface area (Å²) in [7, 11) is 0. The quantitative estimate of drug-likeness (QED) is 0.775. The Hall–Kier alpha value is -2.12. The molecule has 0 aromatic carbocycles. The van der Waals surface area contributed by atoms with Crippen molar-refractivity contribution in [3.05, 3.63) is 0 Å². The van der Waals surface area contributed by atoms with E-state index in [9.17, 15) is 4.79 Å². The Morgan fingerprint density at radius 2 is 2.25 bits per heavy atom. The van der Waals surface area contributed by atoms with E-state index < -0.39 is 0 Å². The summed E-state index contributed by atoms with van der Waals surface area (Å²) >= 11 is 0. The first-order chi connectivity index (χ1) is 9.60. The van der Waals surface area contributed by atoms with Crippen molar-refractivity contribution in [3.8, 4) is 6.01 Å². The van der Waals surface area contributed by atoms with Crippen molar-refractivity contribution in [3.63, 3.8) is 0 Å². The lowest BCUT2D eigenvalue weighted by molar-refractivity contribution is -0.122. The monoisotopic (exact) mass is 280 g/mol. The molecule has 0 aliphatic carbocycles. The van der Waals surface area contributed by atoms with E-state index in [4.69, 9.17) is 16.2 Å². The second-order valence-electron chi connectivity index (χ2n) is 4.81. The van der Waals surface area contributed by atoms with Gasteiger partial charge >= 0.3 is 6.01 Å². The van der Waals surface area contributed by atoms with Gasteiger partial charge in [0.2, 0.25) is 17.8 Å². The number of anilines is 2. The number of nitrogens with two attached hydrogens (primary N) is 2. The molecular formula is C12H20N6O2. The van der Waals surface area contributed by atoms with Gasteiger partial charge in [-0.05, 0) is 19.3 Å². The molecule has 0 radical (unpaired) electrons. The summed E-state index contributed by atoms with van der Waals surface area (Å²) in [6.45, 7) is 3.78. The molecule has 0 bridgehead atoms. The van der Waals surface area contributed by atoms with Crippen LogP contribution in [0.25, 0.3) is 0 Å². The van der Waals surface area contributed by atoms with E-state index in [2.05, 4.69) is 15.0 Å². The lowest BCUT2D eigenvalue weighted by Gasteiger charge is -2.31. The molecule has 0 saturated carbocycles. The van der Waals surface area contributed by atoms with E-state index in [0.29, 0.717) is 19.1 Å². The summed E-state index contributed by atoms with van der Waals surface area (Å²) in [4.78, 5) is 25.5. The van der Waals surface area contributed by atoms with Gasteiger partial charge in [0.25, 0.3) is 0 Å². The lowest BCUT2D eigenvalue weighted by Crippen LogP contribution is -2.42. The van der Waals surface area contributed by atoms with Crippen LogP contribution in [-0.2, 0) is 4.79 Å². The van der Waals surface area contributed by atoms with Crippen LogP contribution in [0, 0.1) is 5.92 Å². The number of rotatable bonds is 5. The third-order valence-corrected chi connectivity index (χ3v) is 3.16. The van der Waals surface area contributed by atoms with Gasteiger partial charge in [0.15, 0.2) is 0 Å². The standard InChI is InChI=1S/C12H20N6O2/c1-2-6-20-12-16-10(14)15-11(17-12)18-5-3-4-8(7-18)9(13)19/h8H,2-7H2,1H3,(H2,13,19)(H2,14,15,16,17). The topological polar surface area (TPSA) is 120 Å².